The Kier molecular flexibility index (Phi) is 5.66. The average molecular weight is 253 g/mol. The summed E-state index contributed by atoms with van der Waals surface area (Å²) in [5.74, 6) is 1.59. The Labute approximate surface area is 111 Å². The van der Waals surface area contributed by atoms with Crippen molar-refractivity contribution in [2.75, 3.05) is 14.2 Å². The number of nitrogens with zero attached hydrogens (tertiary/aromatic N) is 2. The molecule has 4 heteroatoms. The molecule has 0 aliphatic carbocycles. The molecule has 0 fully saturated rings. The average Bonchev–Trinajstić information content (AvgIpc) is 2.73. The molecule has 1 unspecified atom stereocenters. The normalized spacial score (nSPS) is 13.3. The lowest BCUT2D eigenvalue weighted by atomic mass is 10.0. The second kappa shape index (κ2) is 6.78. The number of methoxy groups -OCH3 is 1. The highest BCUT2D eigenvalue weighted by molar-refractivity contribution is 5.28. The third kappa shape index (κ3) is 3.48. The quantitative estimate of drug-likeness (QED) is 0.811. The van der Waals surface area contributed by atoms with Crippen molar-refractivity contribution in [1.29, 1.82) is 0 Å². The second-order valence-corrected chi connectivity index (χ2v) is 5.45. The summed E-state index contributed by atoms with van der Waals surface area (Å²) in [5.41, 5.74) is 1.16. The molecule has 4 nitrogen and oxygen atoms in total. The van der Waals surface area contributed by atoms with Crippen LogP contribution in [0, 0.1) is 5.92 Å². The molecule has 0 bridgehead atoms. The second-order valence-electron chi connectivity index (χ2n) is 5.45. The minimum atomic E-state index is 0.298. The molecule has 0 aliphatic heterocycles. The van der Waals surface area contributed by atoms with Gasteiger partial charge in [-0.25, -0.2) is 0 Å². The summed E-state index contributed by atoms with van der Waals surface area (Å²) < 4.78 is 7.50. The Bertz CT molecular complexity index is 358. The SMILES string of the molecule is CNC(CCC(C)C)c1c(OC)cnn1C(C)C. The number of hydrogen-bond donors (Lipinski definition) is 1. The number of nitrogens with one attached hydrogen (secondary N) is 1. The first-order valence-corrected chi connectivity index (χ1v) is 6.79. The van der Waals surface area contributed by atoms with E-state index in [2.05, 4.69) is 42.8 Å². The van der Waals surface area contributed by atoms with E-state index in [4.69, 9.17) is 4.74 Å². The van der Waals surface area contributed by atoms with E-state index >= 15 is 0 Å². The van der Waals surface area contributed by atoms with Crippen molar-refractivity contribution in [3.8, 4) is 5.75 Å². The van der Waals surface area contributed by atoms with Gasteiger partial charge in [0, 0.05) is 6.04 Å². The molecule has 1 N–H and O–H groups in total. The predicted molar refractivity (Wildman–Crippen MR) is 75.0 cm³/mol. The van der Waals surface area contributed by atoms with E-state index in [0.717, 1.165) is 17.9 Å². The molecule has 0 aromatic carbocycles. The molecule has 0 aliphatic rings. The maximum absolute atomic E-state index is 5.44. The molecule has 0 amide bonds. The smallest absolute Gasteiger partial charge is 0.161 e. The Balaban J connectivity index is 2.98. The van der Waals surface area contributed by atoms with Gasteiger partial charge >= 0.3 is 0 Å². The van der Waals surface area contributed by atoms with Crippen LogP contribution in [0.3, 0.4) is 0 Å². The van der Waals surface area contributed by atoms with Gasteiger partial charge in [-0.15, -0.1) is 0 Å². The lowest BCUT2D eigenvalue weighted by Gasteiger charge is -2.21. The number of rotatable bonds is 7. The number of hydrogen-bond acceptors (Lipinski definition) is 3. The van der Waals surface area contributed by atoms with Gasteiger partial charge in [-0.05, 0) is 39.7 Å². The largest absolute Gasteiger partial charge is 0.493 e. The molecule has 18 heavy (non-hydrogen) atoms. The van der Waals surface area contributed by atoms with Gasteiger partial charge in [-0.2, -0.15) is 5.10 Å². The first kappa shape index (κ1) is 15.0. The van der Waals surface area contributed by atoms with Crippen molar-refractivity contribution in [3.63, 3.8) is 0 Å². The van der Waals surface area contributed by atoms with Gasteiger partial charge in [0.1, 0.15) is 0 Å². The van der Waals surface area contributed by atoms with Crippen LogP contribution in [0.2, 0.25) is 0 Å². The topological polar surface area (TPSA) is 39.1 Å². The van der Waals surface area contributed by atoms with Gasteiger partial charge in [0.25, 0.3) is 0 Å². The van der Waals surface area contributed by atoms with Crippen molar-refractivity contribution in [2.45, 2.75) is 52.6 Å². The van der Waals surface area contributed by atoms with E-state index in [1.54, 1.807) is 7.11 Å². The molecule has 104 valence electrons. The van der Waals surface area contributed by atoms with Crippen LogP contribution in [0.1, 0.15) is 58.3 Å². The summed E-state index contributed by atoms with van der Waals surface area (Å²) in [6.45, 7) is 8.80. The van der Waals surface area contributed by atoms with E-state index in [9.17, 15) is 0 Å². The van der Waals surface area contributed by atoms with Crippen LogP contribution in [-0.2, 0) is 0 Å². The number of ether oxygens (including phenoxy) is 1. The minimum absolute atomic E-state index is 0.298. The molecule has 0 spiro atoms. The summed E-state index contributed by atoms with van der Waals surface area (Å²) in [6, 6.07) is 0.644. The fourth-order valence-corrected chi connectivity index (χ4v) is 2.17. The zero-order chi connectivity index (χ0) is 13.7. The highest BCUT2D eigenvalue weighted by Crippen LogP contribution is 2.30. The van der Waals surface area contributed by atoms with Crippen molar-refractivity contribution < 1.29 is 4.74 Å². The first-order chi connectivity index (χ1) is 8.51. The fraction of sp³-hybridized carbons (Fsp3) is 0.786. The van der Waals surface area contributed by atoms with Crippen molar-refractivity contribution in [1.82, 2.24) is 15.1 Å². The zero-order valence-corrected chi connectivity index (χ0v) is 12.5. The number of aromatic nitrogens is 2. The Hall–Kier alpha value is -1.03. The molecular formula is C14H27N3O. The van der Waals surface area contributed by atoms with Crippen LogP contribution in [0.5, 0.6) is 5.75 Å². The maximum atomic E-state index is 5.44. The molecule has 0 radical (unpaired) electrons. The molecular weight excluding hydrogens is 226 g/mol. The maximum Gasteiger partial charge on any atom is 0.161 e. The van der Waals surface area contributed by atoms with Crippen LogP contribution in [-0.4, -0.2) is 23.9 Å². The van der Waals surface area contributed by atoms with Gasteiger partial charge in [-0.1, -0.05) is 13.8 Å². The summed E-state index contributed by atoms with van der Waals surface area (Å²) in [7, 11) is 3.71. The summed E-state index contributed by atoms with van der Waals surface area (Å²) in [6.07, 6.45) is 4.11. The van der Waals surface area contributed by atoms with E-state index in [1.165, 1.54) is 6.42 Å². The molecule has 1 rings (SSSR count). The Morgan fingerprint density at radius 3 is 2.39 bits per heavy atom. The third-order valence-corrected chi connectivity index (χ3v) is 3.22. The van der Waals surface area contributed by atoms with Gasteiger partial charge in [0.2, 0.25) is 0 Å². The Morgan fingerprint density at radius 2 is 1.94 bits per heavy atom. The van der Waals surface area contributed by atoms with Gasteiger partial charge in [0.05, 0.1) is 25.0 Å². The highest BCUT2D eigenvalue weighted by atomic mass is 16.5. The third-order valence-electron chi connectivity index (χ3n) is 3.22. The van der Waals surface area contributed by atoms with Crippen molar-refractivity contribution in [2.24, 2.45) is 5.92 Å². The van der Waals surface area contributed by atoms with Crippen molar-refractivity contribution in [3.05, 3.63) is 11.9 Å². The molecule has 1 aromatic heterocycles. The summed E-state index contributed by atoms with van der Waals surface area (Å²) in [5, 5.41) is 7.82. The highest BCUT2D eigenvalue weighted by Gasteiger charge is 2.22. The summed E-state index contributed by atoms with van der Waals surface area (Å²) >= 11 is 0. The lowest BCUT2D eigenvalue weighted by molar-refractivity contribution is 0.373. The van der Waals surface area contributed by atoms with Crippen LogP contribution >= 0.6 is 0 Å². The monoisotopic (exact) mass is 253 g/mol. The van der Waals surface area contributed by atoms with Crippen LogP contribution in [0.4, 0.5) is 0 Å². The van der Waals surface area contributed by atoms with Crippen LogP contribution in [0.15, 0.2) is 6.20 Å². The van der Waals surface area contributed by atoms with E-state index in [0.29, 0.717) is 18.0 Å². The predicted octanol–water partition coefficient (Wildman–Crippen LogP) is 3.17. The van der Waals surface area contributed by atoms with Gasteiger partial charge in [-0.3, -0.25) is 4.68 Å². The minimum Gasteiger partial charge on any atom is -0.493 e. The van der Waals surface area contributed by atoms with Crippen LogP contribution in [0.25, 0.3) is 0 Å². The van der Waals surface area contributed by atoms with E-state index < -0.39 is 0 Å². The van der Waals surface area contributed by atoms with Crippen molar-refractivity contribution >= 4 is 0 Å². The zero-order valence-electron chi connectivity index (χ0n) is 12.5. The molecule has 1 atom stereocenters. The van der Waals surface area contributed by atoms with Gasteiger partial charge in [0.15, 0.2) is 5.75 Å². The molecule has 1 aromatic rings. The molecule has 1 heterocycles. The molecule has 0 saturated carbocycles. The molecule has 0 saturated heterocycles. The lowest BCUT2D eigenvalue weighted by Crippen LogP contribution is -2.22. The van der Waals surface area contributed by atoms with E-state index in [-0.39, 0.29) is 0 Å². The van der Waals surface area contributed by atoms with Crippen LogP contribution < -0.4 is 10.1 Å². The fourth-order valence-electron chi connectivity index (χ4n) is 2.17. The standard InChI is InChI=1S/C14H27N3O/c1-10(2)7-8-12(15-5)14-13(18-6)9-16-17(14)11(3)4/h9-12,15H,7-8H2,1-6H3. The van der Waals surface area contributed by atoms with Gasteiger partial charge < -0.3 is 10.1 Å². The Morgan fingerprint density at radius 1 is 1.28 bits per heavy atom. The van der Waals surface area contributed by atoms with E-state index in [1.807, 2.05) is 13.2 Å². The first-order valence-electron chi connectivity index (χ1n) is 6.79. The summed E-state index contributed by atoms with van der Waals surface area (Å²) in [4.78, 5) is 0.